The van der Waals surface area contributed by atoms with Gasteiger partial charge in [0.15, 0.2) is 0 Å². The summed E-state index contributed by atoms with van der Waals surface area (Å²) in [5, 5.41) is 3.91. The molecule has 22 heavy (non-hydrogen) atoms. The van der Waals surface area contributed by atoms with Crippen molar-refractivity contribution in [3.8, 4) is 0 Å². The van der Waals surface area contributed by atoms with E-state index in [9.17, 15) is 9.59 Å². The highest BCUT2D eigenvalue weighted by Crippen LogP contribution is 2.11. The molecule has 6 heteroatoms. The first-order chi connectivity index (χ1) is 10.6. The van der Waals surface area contributed by atoms with Gasteiger partial charge in [-0.1, -0.05) is 24.3 Å². The molecule has 0 radical (unpaired) electrons. The number of hydrogen-bond donors (Lipinski definition) is 1. The summed E-state index contributed by atoms with van der Waals surface area (Å²) in [4.78, 5) is 23.3. The number of halogens is 1. The van der Waals surface area contributed by atoms with E-state index in [0.717, 1.165) is 9.13 Å². The molecule has 0 saturated heterocycles. The average Bonchev–Trinajstić information content (AvgIpc) is 2.55. The summed E-state index contributed by atoms with van der Waals surface area (Å²) in [5.41, 5.74) is 4.26. The van der Waals surface area contributed by atoms with E-state index in [2.05, 4.69) is 37.9 Å². The predicted octanol–water partition coefficient (Wildman–Crippen LogP) is 2.84. The van der Waals surface area contributed by atoms with Gasteiger partial charge in [0.05, 0.1) is 24.5 Å². The number of rotatable bonds is 4. The van der Waals surface area contributed by atoms with Crippen LogP contribution in [0.4, 0.5) is 0 Å². The predicted molar refractivity (Wildman–Crippen MR) is 92.0 cm³/mol. The van der Waals surface area contributed by atoms with E-state index in [-0.39, 0.29) is 5.91 Å². The Morgan fingerprint density at radius 2 is 1.82 bits per heavy atom. The molecular weight excluding hydrogens is 395 g/mol. The molecule has 0 aliphatic rings. The van der Waals surface area contributed by atoms with Crippen molar-refractivity contribution >= 4 is 40.7 Å². The average molecular weight is 408 g/mol. The number of esters is 1. The normalized spacial score (nSPS) is 10.5. The number of benzene rings is 2. The third kappa shape index (κ3) is 4.14. The van der Waals surface area contributed by atoms with E-state index in [1.807, 2.05) is 12.1 Å². The van der Waals surface area contributed by atoms with E-state index < -0.39 is 5.97 Å². The fourth-order valence-electron chi connectivity index (χ4n) is 1.69. The molecule has 0 aliphatic heterocycles. The Labute approximate surface area is 141 Å². The van der Waals surface area contributed by atoms with Gasteiger partial charge in [-0.25, -0.2) is 10.2 Å². The van der Waals surface area contributed by atoms with Crippen LogP contribution in [0, 0.1) is 3.57 Å². The second kappa shape index (κ2) is 7.69. The standard InChI is InChI=1S/C16H13IN2O3/c1-22-16(21)12-8-6-11(7-9-12)10-18-19-15(20)13-4-2-3-5-14(13)17/h2-10H,1H3,(H,19,20). The van der Waals surface area contributed by atoms with E-state index in [0.29, 0.717) is 11.1 Å². The smallest absolute Gasteiger partial charge is 0.337 e. The molecule has 1 N–H and O–H groups in total. The van der Waals surface area contributed by atoms with E-state index in [1.54, 1.807) is 36.4 Å². The van der Waals surface area contributed by atoms with Crippen LogP contribution >= 0.6 is 22.6 Å². The van der Waals surface area contributed by atoms with Crippen LogP contribution in [0.25, 0.3) is 0 Å². The van der Waals surface area contributed by atoms with E-state index >= 15 is 0 Å². The largest absolute Gasteiger partial charge is 0.465 e. The second-order valence-electron chi connectivity index (χ2n) is 4.29. The highest BCUT2D eigenvalue weighted by molar-refractivity contribution is 14.1. The maximum Gasteiger partial charge on any atom is 0.337 e. The molecule has 2 aromatic rings. The molecule has 0 saturated carbocycles. The Kier molecular flexibility index (Phi) is 5.65. The van der Waals surface area contributed by atoms with Crippen molar-refractivity contribution in [2.45, 2.75) is 0 Å². The van der Waals surface area contributed by atoms with Gasteiger partial charge in [0.2, 0.25) is 0 Å². The minimum absolute atomic E-state index is 0.271. The number of carbonyl (C=O) groups is 2. The lowest BCUT2D eigenvalue weighted by Gasteiger charge is -2.02. The Morgan fingerprint density at radius 3 is 2.45 bits per heavy atom. The molecule has 1 amide bonds. The highest BCUT2D eigenvalue weighted by Gasteiger charge is 2.07. The van der Waals surface area contributed by atoms with Crippen molar-refractivity contribution < 1.29 is 14.3 Å². The Balaban J connectivity index is 1.99. The first-order valence-corrected chi connectivity index (χ1v) is 7.46. The zero-order valence-corrected chi connectivity index (χ0v) is 13.9. The molecule has 0 heterocycles. The Hall–Kier alpha value is -2.22. The van der Waals surface area contributed by atoms with Crippen LogP contribution in [-0.4, -0.2) is 25.2 Å². The lowest BCUT2D eigenvalue weighted by molar-refractivity contribution is 0.0600. The molecule has 2 aromatic carbocycles. The summed E-state index contributed by atoms with van der Waals surface area (Å²) < 4.78 is 5.48. The first kappa shape index (κ1) is 16.2. The van der Waals surface area contributed by atoms with E-state index in [1.165, 1.54) is 13.3 Å². The van der Waals surface area contributed by atoms with Crippen LogP contribution in [0.5, 0.6) is 0 Å². The van der Waals surface area contributed by atoms with Gasteiger partial charge in [-0.05, 0) is 52.4 Å². The summed E-state index contributed by atoms with van der Waals surface area (Å²) >= 11 is 2.10. The first-order valence-electron chi connectivity index (χ1n) is 6.38. The fraction of sp³-hybridized carbons (Fsp3) is 0.0625. The maximum absolute atomic E-state index is 11.9. The number of hydrazone groups is 1. The third-order valence-corrected chi connectivity index (χ3v) is 3.77. The van der Waals surface area contributed by atoms with Gasteiger partial charge < -0.3 is 4.74 Å². The molecule has 0 bridgehead atoms. The number of methoxy groups -OCH3 is 1. The van der Waals surface area contributed by atoms with Crippen molar-refractivity contribution in [1.29, 1.82) is 0 Å². The van der Waals surface area contributed by atoms with Crippen molar-refractivity contribution in [2.75, 3.05) is 7.11 Å². The van der Waals surface area contributed by atoms with Crippen molar-refractivity contribution in [2.24, 2.45) is 5.10 Å². The Morgan fingerprint density at radius 1 is 1.14 bits per heavy atom. The molecule has 0 aromatic heterocycles. The second-order valence-corrected chi connectivity index (χ2v) is 5.45. The monoisotopic (exact) mass is 408 g/mol. The fourth-order valence-corrected chi connectivity index (χ4v) is 2.33. The zero-order chi connectivity index (χ0) is 15.9. The Bertz CT molecular complexity index is 712. The van der Waals surface area contributed by atoms with Crippen LogP contribution < -0.4 is 5.43 Å². The summed E-state index contributed by atoms with van der Waals surface area (Å²) in [5.74, 6) is -0.664. The molecule has 0 unspecified atom stereocenters. The topological polar surface area (TPSA) is 67.8 Å². The quantitative estimate of drug-likeness (QED) is 0.366. The molecule has 0 atom stereocenters. The van der Waals surface area contributed by atoms with Gasteiger partial charge in [-0.15, -0.1) is 0 Å². The third-order valence-electron chi connectivity index (χ3n) is 2.83. The SMILES string of the molecule is COC(=O)c1ccc(C=NNC(=O)c2ccccc2I)cc1. The molecule has 2 rings (SSSR count). The summed E-state index contributed by atoms with van der Waals surface area (Å²) in [6, 6.07) is 14.0. The van der Waals surface area contributed by atoms with Crippen molar-refractivity contribution in [3.05, 3.63) is 68.8 Å². The summed E-state index contributed by atoms with van der Waals surface area (Å²) in [7, 11) is 1.33. The number of nitrogens with one attached hydrogen (secondary N) is 1. The maximum atomic E-state index is 11.9. The number of carbonyl (C=O) groups excluding carboxylic acids is 2. The van der Waals surface area contributed by atoms with Crippen LogP contribution in [-0.2, 0) is 4.74 Å². The number of amides is 1. The number of nitrogens with zero attached hydrogens (tertiary/aromatic N) is 1. The molecule has 0 fully saturated rings. The van der Waals surface area contributed by atoms with Crippen molar-refractivity contribution in [3.63, 3.8) is 0 Å². The minimum atomic E-state index is -0.393. The van der Waals surface area contributed by atoms with E-state index in [4.69, 9.17) is 0 Å². The molecule has 112 valence electrons. The molecular formula is C16H13IN2O3. The summed E-state index contributed by atoms with van der Waals surface area (Å²) in [6.45, 7) is 0. The van der Waals surface area contributed by atoms with Crippen molar-refractivity contribution in [1.82, 2.24) is 5.43 Å². The van der Waals surface area contributed by atoms with Gasteiger partial charge in [0, 0.05) is 3.57 Å². The van der Waals surface area contributed by atoms with Crippen LogP contribution in [0.3, 0.4) is 0 Å². The van der Waals surface area contributed by atoms with Gasteiger partial charge >= 0.3 is 5.97 Å². The number of hydrogen-bond acceptors (Lipinski definition) is 4. The van der Waals surface area contributed by atoms with Gasteiger partial charge in [-0.3, -0.25) is 4.79 Å². The molecule has 5 nitrogen and oxygen atoms in total. The zero-order valence-electron chi connectivity index (χ0n) is 11.7. The lowest BCUT2D eigenvalue weighted by Crippen LogP contribution is -2.18. The highest BCUT2D eigenvalue weighted by atomic mass is 127. The van der Waals surface area contributed by atoms with Crippen LogP contribution in [0.15, 0.2) is 53.6 Å². The van der Waals surface area contributed by atoms with Gasteiger partial charge in [0.25, 0.3) is 5.91 Å². The summed E-state index contributed by atoms with van der Waals surface area (Å²) in [6.07, 6.45) is 1.51. The van der Waals surface area contributed by atoms with Crippen LogP contribution in [0.1, 0.15) is 26.3 Å². The minimum Gasteiger partial charge on any atom is -0.465 e. The lowest BCUT2D eigenvalue weighted by atomic mass is 10.1. The number of ether oxygens (including phenoxy) is 1. The molecule has 0 spiro atoms. The van der Waals surface area contributed by atoms with Gasteiger partial charge in [-0.2, -0.15) is 5.10 Å². The van der Waals surface area contributed by atoms with Gasteiger partial charge in [0.1, 0.15) is 0 Å². The van der Waals surface area contributed by atoms with Crippen LogP contribution in [0.2, 0.25) is 0 Å². The molecule has 0 aliphatic carbocycles.